The first-order valence-electron chi connectivity index (χ1n) is 7.30. The van der Waals surface area contributed by atoms with E-state index in [0.717, 1.165) is 29.8 Å². The fourth-order valence-corrected chi connectivity index (χ4v) is 9.32. The molecule has 1 aromatic rings. The second-order valence-electron chi connectivity index (χ2n) is 4.83. The molecule has 0 heterocycles. The van der Waals surface area contributed by atoms with Crippen LogP contribution in [0.3, 0.4) is 0 Å². The number of nitrogens with one attached hydrogen (secondary N) is 1. The zero-order chi connectivity index (χ0) is 15.7. The van der Waals surface area contributed by atoms with Crippen molar-refractivity contribution in [1.82, 2.24) is 0 Å². The van der Waals surface area contributed by atoms with Crippen LogP contribution in [-0.4, -0.2) is 17.3 Å². The molecule has 2 atom stereocenters. The lowest BCUT2D eigenvalue weighted by Gasteiger charge is -2.15. The van der Waals surface area contributed by atoms with E-state index in [1.165, 1.54) is 22.8 Å². The number of para-hydroxylation sites is 1. The van der Waals surface area contributed by atoms with Crippen molar-refractivity contribution in [1.29, 1.82) is 0 Å². The molecule has 0 aliphatic rings. The van der Waals surface area contributed by atoms with Crippen molar-refractivity contribution >= 4 is 40.5 Å². The number of aryl methyl sites for hydroxylation is 1. The summed E-state index contributed by atoms with van der Waals surface area (Å²) >= 11 is 2.99. The standard InChI is InChI=1S/C15H25N2OPS2/c1-5-11-20-19(18,21-14(4)6-2)17-12-16-15-10-8-7-9-13(15)3/h7-10,12,14H,5-6,11H2,1-4H3,(H,16,17,18). The van der Waals surface area contributed by atoms with Crippen LogP contribution in [0.4, 0.5) is 5.69 Å². The van der Waals surface area contributed by atoms with Gasteiger partial charge in [0, 0.05) is 16.7 Å². The molecule has 0 saturated carbocycles. The molecule has 0 fully saturated rings. The summed E-state index contributed by atoms with van der Waals surface area (Å²) in [5, 5.41) is 3.50. The third-order valence-corrected chi connectivity index (χ3v) is 10.9. The first-order chi connectivity index (χ1) is 10.0. The Labute approximate surface area is 136 Å². The highest BCUT2D eigenvalue weighted by Crippen LogP contribution is 2.71. The van der Waals surface area contributed by atoms with E-state index in [4.69, 9.17) is 0 Å². The first-order valence-corrected chi connectivity index (χ1v) is 12.0. The number of hydrogen-bond donors (Lipinski definition) is 1. The molecule has 21 heavy (non-hydrogen) atoms. The topological polar surface area (TPSA) is 41.5 Å². The van der Waals surface area contributed by atoms with Gasteiger partial charge in [-0.05, 0) is 31.4 Å². The van der Waals surface area contributed by atoms with Crippen LogP contribution >= 0.6 is 28.5 Å². The van der Waals surface area contributed by atoms with Crippen LogP contribution in [0.25, 0.3) is 0 Å². The van der Waals surface area contributed by atoms with E-state index >= 15 is 0 Å². The predicted molar refractivity (Wildman–Crippen MR) is 101 cm³/mol. The van der Waals surface area contributed by atoms with Crippen LogP contribution in [0, 0.1) is 6.92 Å². The van der Waals surface area contributed by atoms with Crippen molar-refractivity contribution in [3.63, 3.8) is 0 Å². The maximum atomic E-state index is 12.9. The summed E-state index contributed by atoms with van der Waals surface area (Å²) < 4.78 is 17.3. The van der Waals surface area contributed by atoms with E-state index in [0.29, 0.717) is 5.25 Å². The summed E-state index contributed by atoms with van der Waals surface area (Å²) in [5.41, 5.74) is -0.471. The number of anilines is 1. The monoisotopic (exact) mass is 344 g/mol. The van der Waals surface area contributed by atoms with Gasteiger partial charge in [0.05, 0.1) is 6.34 Å². The lowest BCUT2D eigenvalue weighted by atomic mass is 10.2. The fourth-order valence-electron chi connectivity index (χ4n) is 1.50. The largest absolute Gasteiger partial charge is 0.346 e. The molecular formula is C15H25N2OPS2. The lowest BCUT2D eigenvalue weighted by Crippen LogP contribution is -1.97. The van der Waals surface area contributed by atoms with Crippen molar-refractivity contribution in [3.8, 4) is 0 Å². The molecule has 1 N–H and O–H groups in total. The van der Waals surface area contributed by atoms with E-state index in [1.54, 1.807) is 6.34 Å². The third kappa shape index (κ3) is 6.94. The highest BCUT2D eigenvalue weighted by Gasteiger charge is 2.24. The van der Waals surface area contributed by atoms with Crippen LogP contribution in [0.2, 0.25) is 0 Å². The molecule has 0 spiro atoms. The summed E-state index contributed by atoms with van der Waals surface area (Å²) in [7, 11) is 0. The van der Waals surface area contributed by atoms with Crippen molar-refractivity contribution < 1.29 is 4.57 Å². The predicted octanol–water partition coefficient (Wildman–Crippen LogP) is 6.22. The molecule has 0 aromatic heterocycles. The van der Waals surface area contributed by atoms with Crippen LogP contribution in [0.15, 0.2) is 29.0 Å². The average Bonchev–Trinajstić information content (AvgIpc) is 2.47. The Morgan fingerprint density at radius 3 is 2.71 bits per heavy atom. The van der Waals surface area contributed by atoms with Gasteiger partial charge in [-0.3, -0.25) is 4.57 Å². The van der Waals surface area contributed by atoms with Crippen molar-refractivity contribution in [2.24, 2.45) is 4.76 Å². The quantitative estimate of drug-likeness (QED) is 0.328. The highest BCUT2D eigenvalue weighted by molar-refractivity contribution is 8.90. The van der Waals surface area contributed by atoms with Crippen LogP contribution < -0.4 is 5.32 Å². The molecule has 3 nitrogen and oxygen atoms in total. The minimum absolute atomic E-state index is 0.357. The van der Waals surface area contributed by atoms with Crippen molar-refractivity contribution in [2.75, 3.05) is 11.1 Å². The van der Waals surface area contributed by atoms with Gasteiger partial charge in [-0.15, -0.1) is 0 Å². The number of hydrogen-bond acceptors (Lipinski definition) is 3. The van der Waals surface area contributed by atoms with Gasteiger partial charge in [0.1, 0.15) is 0 Å². The molecule has 0 aliphatic carbocycles. The molecule has 1 rings (SSSR count). The second-order valence-corrected chi connectivity index (χ2v) is 12.8. The maximum absolute atomic E-state index is 12.9. The van der Waals surface area contributed by atoms with Gasteiger partial charge in [0.15, 0.2) is 0 Å². The Balaban J connectivity index is 2.73. The van der Waals surface area contributed by atoms with E-state index in [1.807, 2.05) is 31.2 Å². The smallest absolute Gasteiger partial charge is 0.299 e. The van der Waals surface area contributed by atoms with Crippen molar-refractivity contribution in [2.45, 2.75) is 45.8 Å². The molecule has 0 bridgehead atoms. The first kappa shape index (κ1) is 18.7. The minimum Gasteiger partial charge on any atom is -0.346 e. The molecule has 118 valence electrons. The van der Waals surface area contributed by atoms with Gasteiger partial charge in [0.2, 0.25) is 0 Å². The summed E-state index contributed by atoms with van der Waals surface area (Å²) in [6.45, 7) is 8.35. The number of rotatable bonds is 9. The van der Waals surface area contributed by atoms with Gasteiger partial charge in [-0.1, -0.05) is 61.7 Å². The van der Waals surface area contributed by atoms with Crippen LogP contribution in [0.1, 0.15) is 39.2 Å². The Bertz CT molecular complexity index is 508. The highest BCUT2D eigenvalue weighted by atomic mass is 33.1. The Morgan fingerprint density at radius 2 is 2.10 bits per heavy atom. The van der Waals surface area contributed by atoms with E-state index < -0.39 is 5.70 Å². The maximum Gasteiger partial charge on any atom is 0.299 e. The van der Waals surface area contributed by atoms with E-state index in [9.17, 15) is 4.57 Å². The van der Waals surface area contributed by atoms with E-state index in [2.05, 4.69) is 30.9 Å². The zero-order valence-electron chi connectivity index (χ0n) is 13.2. The number of nitrogens with zero attached hydrogens (tertiary/aromatic N) is 1. The van der Waals surface area contributed by atoms with Crippen molar-refractivity contribution in [3.05, 3.63) is 29.8 Å². The van der Waals surface area contributed by atoms with Gasteiger partial charge in [-0.25, -0.2) is 0 Å². The van der Waals surface area contributed by atoms with Crippen LogP contribution in [-0.2, 0) is 4.57 Å². The van der Waals surface area contributed by atoms with Gasteiger partial charge < -0.3 is 5.32 Å². The molecule has 2 unspecified atom stereocenters. The summed E-state index contributed by atoms with van der Waals surface area (Å²) in [5.74, 6) is 0.877. The lowest BCUT2D eigenvalue weighted by molar-refractivity contribution is 0.594. The zero-order valence-corrected chi connectivity index (χ0v) is 15.7. The summed E-state index contributed by atoms with van der Waals surface area (Å²) in [6.07, 6.45) is 3.61. The Morgan fingerprint density at radius 1 is 1.38 bits per heavy atom. The van der Waals surface area contributed by atoms with E-state index in [-0.39, 0.29) is 0 Å². The normalized spacial score (nSPS) is 15.8. The fraction of sp³-hybridized carbons (Fsp3) is 0.533. The van der Waals surface area contributed by atoms with Gasteiger partial charge in [0.25, 0.3) is 5.70 Å². The van der Waals surface area contributed by atoms with Gasteiger partial charge >= 0.3 is 0 Å². The summed E-state index contributed by atoms with van der Waals surface area (Å²) in [6, 6.07) is 8.00. The average molecular weight is 344 g/mol. The minimum atomic E-state index is -2.62. The van der Waals surface area contributed by atoms with Gasteiger partial charge in [-0.2, -0.15) is 4.76 Å². The molecule has 0 saturated heterocycles. The summed E-state index contributed by atoms with van der Waals surface area (Å²) in [4.78, 5) is 0. The molecule has 0 aliphatic heterocycles. The molecular weight excluding hydrogens is 319 g/mol. The molecule has 1 aromatic carbocycles. The molecule has 6 heteroatoms. The molecule has 0 amide bonds. The Hall–Kier alpha value is -0.380. The second kappa shape index (κ2) is 9.60. The number of benzene rings is 1. The molecule has 0 radical (unpaired) electrons. The Kier molecular flexibility index (Phi) is 8.53. The third-order valence-electron chi connectivity index (χ3n) is 2.91. The van der Waals surface area contributed by atoms with Crippen LogP contribution in [0.5, 0.6) is 0 Å². The SMILES string of the molecule is CCCSP(=O)(N=CNc1ccccc1C)SC(C)CC.